The highest BCUT2D eigenvalue weighted by molar-refractivity contribution is 6.00. The average Bonchev–Trinajstić information content (AvgIpc) is 2.76. The van der Waals surface area contributed by atoms with Crippen LogP contribution in [-0.2, 0) is 37.1 Å². The van der Waals surface area contributed by atoms with Crippen molar-refractivity contribution >= 4 is 18.2 Å². The van der Waals surface area contributed by atoms with Crippen molar-refractivity contribution in [2.75, 3.05) is 0 Å². The van der Waals surface area contributed by atoms with E-state index in [9.17, 15) is 14.4 Å². The third-order valence-corrected chi connectivity index (χ3v) is 4.51. The van der Waals surface area contributed by atoms with Crippen molar-refractivity contribution < 1.29 is 23.9 Å². The zero-order valence-electron chi connectivity index (χ0n) is 16.4. The van der Waals surface area contributed by atoms with Gasteiger partial charge in [-0.15, -0.1) is 12.3 Å². The molecule has 0 spiro atoms. The fraction of sp³-hybridized carbons (Fsp3) is 0.292. The Morgan fingerprint density at radius 1 is 0.966 bits per heavy atom. The van der Waals surface area contributed by atoms with E-state index in [4.69, 9.17) is 15.9 Å². The van der Waals surface area contributed by atoms with Crippen LogP contribution in [0.4, 0.5) is 0 Å². The molecule has 5 heteroatoms. The van der Waals surface area contributed by atoms with Gasteiger partial charge in [-0.1, -0.05) is 67.6 Å². The van der Waals surface area contributed by atoms with Gasteiger partial charge in [0.05, 0.1) is 0 Å². The van der Waals surface area contributed by atoms with E-state index >= 15 is 0 Å². The predicted molar refractivity (Wildman–Crippen MR) is 108 cm³/mol. The van der Waals surface area contributed by atoms with Crippen LogP contribution in [0.5, 0.6) is 0 Å². The van der Waals surface area contributed by atoms with Crippen LogP contribution in [0.2, 0.25) is 0 Å². The maximum atomic E-state index is 13.0. The van der Waals surface area contributed by atoms with Gasteiger partial charge < -0.3 is 14.3 Å². The largest absolute Gasteiger partial charge is 0.460 e. The molecule has 0 aliphatic heterocycles. The summed E-state index contributed by atoms with van der Waals surface area (Å²) in [6, 6.07) is 18.2. The SMILES string of the molecule is C#CCC(CC(C)C=O)(C(=O)OCc1ccccc1)C(=O)OCc1ccccc1. The molecule has 29 heavy (non-hydrogen) atoms. The molecule has 0 saturated carbocycles. The molecular weight excluding hydrogens is 368 g/mol. The highest BCUT2D eigenvalue weighted by atomic mass is 16.6. The van der Waals surface area contributed by atoms with Crippen LogP contribution in [0.3, 0.4) is 0 Å². The fourth-order valence-corrected chi connectivity index (χ4v) is 2.96. The first-order valence-corrected chi connectivity index (χ1v) is 9.33. The first-order valence-electron chi connectivity index (χ1n) is 9.33. The molecule has 0 aliphatic carbocycles. The minimum absolute atomic E-state index is 0.00652. The first kappa shape index (κ1) is 21.9. The Hall–Kier alpha value is -3.39. The van der Waals surface area contributed by atoms with Gasteiger partial charge in [0, 0.05) is 12.3 Å². The Bertz CT molecular complexity index is 796. The maximum absolute atomic E-state index is 13.0. The van der Waals surface area contributed by atoms with Gasteiger partial charge in [-0.3, -0.25) is 9.59 Å². The van der Waals surface area contributed by atoms with Crippen molar-refractivity contribution in [2.45, 2.75) is 33.0 Å². The first-order chi connectivity index (χ1) is 14.0. The molecule has 0 radical (unpaired) electrons. The highest BCUT2D eigenvalue weighted by Gasteiger charge is 2.49. The van der Waals surface area contributed by atoms with Gasteiger partial charge >= 0.3 is 11.9 Å². The second kappa shape index (κ2) is 10.8. The zero-order chi connectivity index (χ0) is 21.1. The second-order valence-corrected chi connectivity index (χ2v) is 6.90. The van der Waals surface area contributed by atoms with Gasteiger partial charge in [-0.05, 0) is 17.5 Å². The summed E-state index contributed by atoms with van der Waals surface area (Å²) < 4.78 is 10.8. The summed E-state index contributed by atoms with van der Waals surface area (Å²) >= 11 is 0. The number of esters is 2. The molecule has 0 amide bonds. The van der Waals surface area contributed by atoms with Crippen LogP contribution in [0, 0.1) is 23.7 Å². The molecule has 2 aromatic carbocycles. The molecule has 1 atom stereocenters. The smallest absolute Gasteiger partial charge is 0.324 e. The van der Waals surface area contributed by atoms with Crippen molar-refractivity contribution in [3.63, 3.8) is 0 Å². The van der Waals surface area contributed by atoms with Crippen molar-refractivity contribution in [1.29, 1.82) is 0 Å². The molecule has 0 aliphatic rings. The number of hydrogen-bond acceptors (Lipinski definition) is 5. The second-order valence-electron chi connectivity index (χ2n) is 6.90. The Balaban J connectivity index is 2.22. The van der Waals surface area contributed by atoms with Crippen molar-refractivity contribution in [1.82, 2.24) is 0 Å². The van der Waals surface area contributed by atoms with Gasteiger partial charge in [-0.25, -0.2) is 0 Å². The monoisotopic (exact) mass is 392 g/mol. The summed E-state index contributed by atoms with van der Waals surface area (Å²) in [4.78, 5) is 37.2. The van der Waals surface area contributed by atoms with E-state index in [2.05, 4.69) is 5.92 Å². The van der Waals surface area contributed by atoms with Gasteiger partial charge in [0.25, 0.3) is 0 Å². The minimum atomic E-state index is -1.74. The standard InChI is InChI=1S/C24H24O5/c1-3-14-24(15-19(2)16-25,22(26)28-17-20-10-6-4-7-11-20)23(27)29-18-21-12-8-5-9-13-21/h1,4-13,16,19H,14-15,17-18H2,2H3. The third-order valence-electron chi connectivity index (χ3n) is 4.51. The van der Waals surface area contributed by atoms with E-state index in [1.807, 2.05) is 36.4 Å². The van der Waals surface area contributed by atoms with Crippen LogP contribution in [0.25, 0.3) is 0 Å². The van der Waals surface area contributed by atoms with Gasteiger partial charge in [0.15, 0.2) is 5.41 Å². The Morgan fingerprint density at radius 3 is 1.79 bits per heavy atom. The highest BCUT2D eigenvalue weighted by Crippen LogP contribution is 2.34. The summed E-state index contributed by atoms with van der Waals surface area (Å²) in [6.07, 6.45) is 5.85. The normalized spacial score (nSPS) is 11.7. The van der Waals surface area contributed by atoms with Gasteiger partial charge in [-0.2, -0.15) is 0 Å². The van der Waals surface area contributed by atoms with Crippen LogP contribution in [0.15, 0.2) is 60.7 Å². The molecule has 0 fully saturated rings. The molecule has 2 rings (SSSR count). The predicted octanol–water partition coefficient (Wildman–Crippen LogP) is 3.71. The Kier molecular flexibility index (Phi) is 8.17. The lowest BCUT2D eigenvalue weighted by molar-refractivity contribution is -0.175. The minimum Gasteiger partial charge on any atom is -0.460 e. The Labute approximate surface area is 171 Å². The summed E-state index contributed by atoms with van der Waals surface area (Å²) in [5, 5.41) is 0. The summed E-state index contributed by atoms with van der Waals surface area (Å²) in [5.41, 5.74) is -0.188. The maximum Gasteiger partial charge on any atom is 0.324 e. The number of benzene rings is 2. The van der Waals surface area contributed by atoms with Crippen LogP contribution in [-0.4, -0.2) is 18.2 Å². The average molecular weight is 392 g/mol. The lowest BCUT2D eigenvalue weighted by Crippen LogP contribution is -2.43. The van der Waals surface area contributed by atoms with Gasteiger partial charge in [0.1, 0.15) is 19.5 Å². The van der Waals surface area contributed by atoms with Crippen molar-refractivity contribution in [2.24, 2.45) is 11.3 Å². The molecule has 2 aromatic rings. The zero-order valence-corrected chi connectivity index (χ0v) is 16.4. The van der Waals surface area contributed by atoms with E-state index in [0.29, 0.717) is 6.29 Å². The number of carbonyl (C=O) groups is 3. The molecule has 0 N–H and O–H groups in total. The summed E-state index contributed by atoms with van der Waals surface area (Å²) in [5.74, 6) is 0.234. The van der Waals surface area contributed by atoms with Crippen LogP contribution < -0.4 is 0 Å². The Morgan fingerprint density at radius 2 is 1.41 bits per heavy atom. The lowest BCUT2D eigenvalue weighted by Gasteiger charge is -2.29. The molecule has 0 bridgehead atoms. The van der Waals surface area contributed by atoms with Crippen molar-refractivity contribution in [3.05, 3.63) is 71.8 Å². The fourth-order valence-electron chi connectivity index (χ4n) is 2.96. The van der Waals surface area contributed by atoms with E-state index in [1.54, 1.807) is 31.2 Å². The molecule has 0 heterocycles. The number of rotatable bonds is 10. The number of aldehydes is 1. The van der Waals surface area contributed by atoms with Gasteiger partial charge in [0.2, 0.25) is 0 Å². The van der Waals surface area contributed by atoms with Crippen molar-refractivity contribution in [3.8, 4) is 12.3 Å². The molecule has 0 aromatic heterocycles. The van der Waals surface area contributed by atoms with E-state index in [0.717, 1.165) is 11.1 Å². The van der Waals surface area contributed by atoms with Crippen LogP contribution >= 0.6 is 0 Å². The van der Waals surface area contributed by atoms with E-state index in [1.165, 1.54) is 0 Å². The molecule has 5 nitrogen and oxygen atoms in total. The van der Waals surface area contributed by atoms with Crippen LogP contribution in [0.1, 0.15) is 30.9 Å². The lowest BCUT2D eigenvalue weighted by atomic mass is 9.77. The summed E-state index contributed by atoms with van der Waals surface area (Å²) in [6.45, 7) is 1.61. The molecule has 150 valence electrons. The number of carbonyl (C=O) groups excluding carboxylic acids is 3. The topological polar surface area (TPSA) is 69.7 Å². The number of hydrogen-bond donors (Lipinski definition) is 0. The molecular formula is C24H24O5. The van der Waals surface area contributed by atoms with E-state index < -0.39 is 23.3 Å². The molecule has 1 unspecified atom stereocenters. The number of terminal acetylenes is 1. The summed E-state index contributed by atoms with van der Waals surface area (Å²) in [7, 11) is 0. The third kappa shape index (κ3) is 6.05. The quantitative estimate of drug-likeness (QED) is 0.267. The molecule has 0 saturated heterocycles. The number of ether oxygens (including phenoxy) is 2. The van der Waals surface area contributed by atoms with E-state index in [-0.39, 0.29) is 26.1 Å².